The predicted octanol–water partition coefficient (Wildman–Crippen LogP) is 2.99. The number of benzene rings is 1. The second-order valence-electron chi connectivity index (χ2n) is 7.24. The molecule has 0 spiro atoms. The third-order valence-corrected chi connectivity index (χ3v) is 3.97. The van der Waals surface area contributed by atoms with Crippen molar-refractivity contribution in [2.24, 2.45) is 0 Å². The van der Waals surface area contributed by atoms with Gasteiger partial charge in [0, 0.05) is 12.2 Å². The number of nitrogens with zero attached hydrogens (tertiary/aromatic N) is 3. The monoisotopic (exact) mass is 344 g/mol. The molecule has 0 aliphatic carbocycles. The first-order chi connectivity index (χ1) is 11.8. The fourth-order valence-corrected chi connectivity index (χ4v) is 2.83. The summed E-state index contributed by atoms with van der Waals surface area (Å²) < 4.78 is 11.2. The first kappa shape index (κ1) is 17.3. The van der Waals surface area contributed by atoms with Crippen LogP contribution in [0.4, 0.5) is 10.5 Å². The van der Waals surface area contributed by atoms with E-state index in [-0.39, 0.29) is 12.1 Å². The average Bonchev–Trinajstić information content (AvgIpc) is 3.00. The van der Waals surface area contributed by atoms with Crippen LogP contribution in [0.1, 0.15) is 33.6 Å². The Kier molecular flexibility index (Phi) is 4.65. The van der Waals surface area contributed by atoms with E-state index in [9.17, 15) is 4.79 Å². The van der Waals surface area contributed by atoms with Gasteiger partial charge in [-0.05, 0) is 51.8 Å². The van der Waals surface area contributed by atoms with Gasteiger partial charge in [-0.1, -0.05) is 0 Å². The summed E-state index contributed by atoms with van der Waals surface area (Å²) in [6.45, 7) is 6.65. The molecule has 7 heteroatoms. The van der Waals surface area contributed by atoms with Gasteiger partial charge in [-0.3, -0.25) is 0 Å². The minimum atomic E-state index is -0.503. The van der Waals surface area contributed by atoms with Crippen LogP contribution < -0.4 is 10.5 Å². The maximum Gasteiger partial charge on any atom is 0.410 e. The summed E-state index contributed by atoms with van der Waals surface area (Å²) in [5.41, 5.74) is 7.34. The van der Waals surface area contributed by atoms with Crippen molar-refractivity contribution in [1.82, 2.24) is 14.9 Å². The Balaban J connectivity index is 1.64. The van der Waals surface area contributed by atoms with E-state index < -0.39 is 5.60 Å². The van der Waals surface area contributed by atoms with Gasteiger partial charge < -0.3 is 20.1 Å². The van der Waals surface area contributed by atoms with Gasteiger partial charge in [-0.15, -0.1) is 0 Å². The zero-order valence-electron chi connectivity index (χ0n) is 14.9. The van der Waals surface area contributed by atoms with Crippen molar-refractivity contribution in [3.8, 4) is 5.88 Å². The summed E-state index contributed by atoms with van der Waals surface area (Å²) in [6.07, 6.45) is 3.11. The van der Waals surface area contributed by atoms with E-state index in [1.807, 2.05) is 26.8 Å². The average molecular weight is 344 g/mol. The molecule has 134 valence electrons. The molecular weight excluding hydrogens is 320 g/mol. The smallest absolute Gasteiger partial charge is 0.410 e. The molecule has 3 rings (SSSR count). The third kappa shape index (κ3) is 4.29. The summed E-state index contributed by atoms with van der Waals surface area (Å²) in [6, 6.07) is 5.35. The third-order valence-electron chi connectivity index (χ3n) is 3.97. The number of aromatic nitrogens is 2. The van der Waals surface area contributed by atoms with Crippen LogP contribution in [-0.2, 0) is 4.74 Å². The molecule has 1 amide bonds. The highest BCUT2D eigenvalue weighted by Crippen LogP contribution is 2.22. The second kappa shape index (κ2) is 6.74. The molecule has 0 bridgehead atoms. The van der Waals surface area contributed by atoms with Crippen molar-refractivity contribution < 1.29 is 14.3 Å². The molecule has 1 atom stereocenters. The van der Waals surface area contributed by atoms with Gasteiger partial charge >= 0.3 is 6.09 Å². The number of carbonyl (C=O) groups is 1. The molecule has 2 heterocycles. The fourth-order valence-electron chi connectivity index (χ4n) is 2.83. The van der Waals surface area contributed by atoms with Gasteiger partial charge in [-0.25, -0.2) is 14.8 Å². The number of fused-ring (bicyclic) bond motifs is 1. The maximum atomic E-state index is 12.3. The number of likely N-dealkylation sites (tertiary alicyclic amines) is 1. The second-order valence-corrected chi connectivity index (χ2v) is 7.24. The summed E-state index contributed by atoms with van der Waals surface area (Å²) in [5.74, 6) is 0.438. The zero-order valence-corrected chi connectivity index (χ0v) is 14.9. The number of rotatable bonds is 3. The minimum Gasteiger partial charge on any atom is -0.474 e. The highest BCUT2D eigenvalue weighted by atomic mass is 16.6. The van der Waals surface area contributed by atoms with E-state index in [1.54, 1.807) is 23.2 Å². The molecule has 1 saturated heterocycles. The quantitative estimate of drug-likeness (QED) is 0.861. The van der Waals surface area contributed by atoms with Crippen LogP contribution in [0.25, 0.3) is 11.0 Å². The summed E-state index contributed by atoms with van der Waals surface area (Å²) in [4.78, 5) is 22.8. The van der Waals surface area contributed by atoms with E-state index in [0.29, 0.717) is 24.7 Å². The number of amides is 1. The summed E-state index contributed by atoms with van der Waals surface area (Å²) in [7, 11) is 0. The highest BCUT2D eigenvalue weighted by molar-refractivity contribution is 5.78. The Labute approximate surface area is 147 Å². The molecule has 1 aliphatic rings. The molecule has 2 N–H and O–H groups in total. The lowest BCUT2D eigenvalue weighted by molar-refractivity contribution is 0.0186. The fraction of sp³-hybridized carbons (Fsp3) is 0.500. The van der Waals surface area contributed by atoms with E-state index >= 15 is 0 Å². The van der Waals surface area contributed by atoms with Gasteiger partial charge in [0.15, 0.2) is 0 Å². The molecule has 1 aromatic carbocycles. The number of nitrogens with two attached hydrogens (primary N) is 1. The lowest BCUT2D eigenvalue weighted by Crippen LogP contribution is -2.42. The van der Waals surface area contributed by atoms with Crippen LogP contribution in [0, 0.1) is 0 Å². The number of carbonyl (C=O) groups excluding carboxylic acids is 1. The molecule has 7 nitrogen and oxygen atoms in total. The molecule has 25 heavy (non-hydrogen) atoms. The Hall–Kier alpha value is -2.57. The van der Waals surface area contributed by atoms with Crippen LogP contribution in [-0.4, -0.2) is 45.8 Å². The molecule has 1 fully saturated rings. The summed E-state index contributed by atoms with van der Waals surface area (Å²) in [5, 5.41) is 0. The minimum absolute atomic E-state index is 0.0150. The van der Waals surface area contributed by atoms with Gasteiger partial charge in [0.05, 0.1) is 23.3 Å². The largest absolute Gasteiger partial charge is 0.474 e. The van der Waals surface area contributed by atoms with Crippen molar-refractivity contribution in [3.63, 3.8) is 0 Å². The number of nitrogen functional groups attached to an aromatic ring is 1. The van der Waals surface area contributed by atoms with Crippen LogP contribution in [0.15, 0.2) is 24.4 Å². The predicted molar refractivity (Wildman–Crippen MR) is 95.4 cm³/mol. The van der Waals surface area contributed by atoms with Gasteiger partial charge in [0.1, 0.15) is 12.2 Å². The molecular formula is C18H24N4O3. The van der Waals surface area contributed by atoms with E-state index in [2.05, 4.69) is 9.97 Å². The highest BCUT2D eigenvalue weighted by Gasteiger charge is 2.32. The van der Waals surface area contributed by atoms with Crippen molar-refractivity contribution >= 4 is 22.8 Å². The van der Waals surface area contributed by atoms with Crippen LogP contribution in [0.5, 0.6) is 5.88 Å². The van der Waals surface area contributed by atoms with Gasteiger partial charge in [0.2, 0.25) is 5.88 Å². The van der Waals surface area contributed by atoms with Crippen molar-refractivity contribution in [3.05, 3.63) is 24.4 Å². The maximum absolute atomic E-state index is 12.3. The first-order valence-corrected chi connectivity index (χ1v) is 8.46. The van der Waals surface area contributed by atoms with Crippen molar-refractivity contribution in [1.29, 1.82) is 0 Å². The van der Waals surface area contributed by atoms with Gasteiger partial charge in [-0.2, -0.15) is 0 Å². The Morgan fingerprint density at radius 2 is 2.16 bits per heavy atom. The number of anilines is 1. The number of hydrogen-bond acceptors (Lipinski definition) is 6. The normalized spacial score (nSPS) is 17.7. The Bertz CT molecular complexity index is 772. The first-order valence-electron chi connectivity index (χ1n) is 8.46. The molecule has 1 aliphatic heterocycles. The lowest BCUT2D eigenvalue weighted by Gasteiger charge is -2.28. The van der Waals surface area contributed by atoms with Crippen molar-refractivity contribution in [2.75, 3.05) is 18.9 Å². The van der Waals surface area contributed by atoms with E-state index in [4.69, 9.17) is 15.2 Å². The van der Waals surface area contributed by atoms with Crippen LogP contribution >= 0.6 is 0 Å². The topological polar surface area (TPSA) is 90.6 Å². The van der Waals surface area contributed by atoms with Crippen LogP contribution in [0.2, 0.25) is 0 Å². The number of ether oxygens (including phenoxy) is 2. The SMILES string of the molecule is CC(C)(C)OC(=O)N1CCCC1COc1cnc2cc(N)ccc2n1. The molecule has 0 saturated carbocycles. The molecule has 0 radical (unpaired) electrons. The Morgan fingerprint density at radius 1 is 1.36 bits per heavy atom. The van der Waals surface area contributed by atoms with Crippen LogP contribution in [0.3, 0.4) is 0 Å². The molecule has 1 unspecified atom stereocenters. The van der Waals surface area contributed by atoms with E-state index in [1.165, 1.54) is 0 Å². The van der Waals surface area contributed by atoms with Gasteiger partial charge in [0.25, 0.3) is 0 Å². The van der Waals surface area contributed by atoms with Crippen molar-refractivity contribution in [2.45, 2.75) is 45.3 Å². The summed E-state index contributed by atoms with van der Waals surface area (Å²) >= 11 is 0. The van der Waals surface area contributed by atoms with E-state index in [0.717, 1.165) is 23.9 Å². The zero-order chi connectivity index (χ0) is 18.0. The molecule has 2 aromatic rings. The Morgan fingerprint density at radius 3 is 2.92 bits per heavy atom. The lowest BCUT2D eigenvalue weighted by atomic mass is 10.2. The molecule has 1 aromatic heterocycles. The standard InChI is InChI=1S/C18H24N4O3/c1-18(2,3)25-17(23)22-8-4-5-13(22)11-24-16-10-20-15-9-12(19)6-7-14(15)21-16/h6-7,9-10,13H,4-5,8,11,19H2,1-3H3. The number of hydrogen-bond donors (Lipinski definition) is 1.